The van der Waals surface area contributed by atoms with Gasteiger partial charge in [0.15, 0.2) is 0 Å². The van der Waals surface area contributed by atoms with E-state index in [9.17, 15) is 19.3 Å². The monoisotopic (exact) mass is 284 g/mol. The predicted molar refractivity (Wildman–Crippen MR) is 72.4 cm³/mol. The van der Waals surface area contributed by atoms with Gasteiger partial charge < -0.3 is 10.4 Å². The van der Waals surface area contributed by atoms with Crippen LogP contribution < -0.4 is 5.32 Å². The maximum Gasteiger partial charge on any atom is 0.305 e. The van der Waals surface area contributed by atoms with Gasteiger partial charge in [0.25, 0.3) is 5.69 Å². The Bertz CT molecular complexity index is 519. The second kappa shape index (κ2) is 6.83. The van der Waals surface area contributed by atoms with Crippen LogP contribution in [0.1, 0.15) is 31.7 Å². The van der Waals surface area contributed by atoms with Crippen LogP contribution in [0.5, 0.6) is 0 Å². The van der Waals surface area contributed by atoms with Gasteiger partial charge in [-0.2, -0.15) is 0 Å². The van der Waals surface area contributed by atoms with E-state index in [4.69, 9.17) is 5.11 Å². The summed E-state index contributed by atoms with van der Waals surface area (Å²) in [5.74, 6) is -1.65. The summed E-state index contributed by atoms with van der Waals surface area (Å²) in [5, 5.41) is 22.6. The maximum atomic E-state index is 13.4. The summed E-state index contributed by atoms with van der Waals surface area (Å²) >= 11 is 0. The number of halogens is 1. The number of rotatable bonds is 7. The van der Waals surface area contributed by atoms with Gasteiger partial charge in [0.05, 0.1) is 17.4 Å². The van der Waals surface area contributed by atoms with Crippen LogP contribution in [-0.4, -0.2) is 22.0 Å². The van der Waals surface area contributed by atoms with Crippen molar-refractivity contribution in [3.05, 3.63) is 33.6 Å². The van der Waals surface area contributed by atoms with Crippen LogP contribution in [0, 0.1) is 22.9 Å². The fourth-order valence-corrected chi connectivity index (χ4v) is 1.94. The molecule has 1 atom stereocenters. The van der Waals surface area contributed by atoms with Crippen molar-refractivity contribution in [2.45, 2.75) is 39.2 Å². The molecule has 1 rings (SSSR count). The molecule has 7 heteroatoms. The lowest BCUT2D eigenvalue weighted by Crippen LogP contribution is -2.23. The van der Waals surface area contributed by atoms with E-state index in [2.05, 4.69) is 5.32 Å². The van der Waals surface area contributed by atoms with Crippen molar-refractivity contribution in [2.24, 2.45) is 0 Å². The van der Waals surface area contributed by atoms with Crippen molar-refractivity contribution < 1.29 is 19.2 Å². The number of nitrogens with zero attached hydrogens (tertiary/aromatic N) is 1. The first kappa shape index (κ1) is 15.9. The molecule has 0 aliphatic rings. The maximum absolute atomic E-state index is 13.4. The molecule has 0 saturated heterocycles. The Kier molecular flexibility index (Phi) is 5.42. The number of nitrogens with one attached hydrogen (secondary N) is 1. The fourth-order valence-electron chi connectivity index (χ4n) is 1.94. The second-order valence-electron chi connectivity index (χ2n) is 4.60. The average Bonchev–Trinajstić information content (AvgIpc) is 2.32. The predicted octanol–water partition coefficient (Wildman–Crippen LogP) is 3.10. The molecule has 1 unspecified atom stereocenters. The molecule has 110 valence electrons. The van der Waals surface area contributed by atoms with Gasteiger partial charge in [-0.05, 0) is 25.0 Å². The molecule has 0 amide bonds. The molecule has 0 aromatic heterocycles. The van der Waals surface area contributed by atoms with Crippen molar-refractivity contribution in [1.29, 1.82) is 0 Å². The van der Waals surface area contributed by atoms with Crippen LogP contribution in [-0.2, 0) is 4.79 Å². The summed E-state index contributed by atoms with van der Waals surface area (Å²) in [7, 11) is 0. The van der Waals surface area contributed by atoms with Gasteiger partial charge in [-0.25, -0.2) is 4.39 Å². The lowest BCUT2D eigenvalue weighted by Gasteiger charge is -2.18. The zero-order chi connectivity index (χ0) is 15.3. The summed E-state index contributed by atoms with van der Waals surface area (Å²) in [4.78, 5) is 21.0. The van der Waals surface area contributed by atoms with Crippen LogP contribution in [0.3, 0.4) is 0 Å². The van der Waals surface area contributed by atoms with Crippen molar-refractivity contribution in [3.8, 4) is 0 Å². The smallest absolute Gasteiger partial charge is 0.305 e. The Morgan fingerprint density at radius 2 is 2.20 bits per heavy atom. The van der Waals surface area contributed by atoms with E-state index in [0.29, 0.717) is 6.42 Å². The molecular formula is C13H17FN2O4. The molecule has 0 aliphatic carbocycles. The number of hydrogen-bond acceptors (Lipinski definition) is 4. The SMILES string of the molecule is CCCC(CC(=O)O)Nc1cc(C)c(F)cc1[N+](=O)[O-]. The number of anilines is 1. The Morgan fingerprint density at radius 1 is 1.55 bits per heavy atom. The second-order valence-corrected chi connectivity index (χ2v) is 4.60. The number of benzene rings is 1. The molecule has 1 aromatic carbocycles. The summed E-state index contributed by atoms with van der Waals surface area (Å²) in [6.07, 6.45) is 1.14. The molecule has 0 fully saturated rings. The standard InChI is InChI=1S/C13H17FN2O4/c1-3-4-9(6-13(17)18)15-11-5-8(2)10(14)7-12(11)16(19)20/h5,7,9,15H,3-4,6H2,1-2H3,(H,17,18). The topological polar surface area (TPSA) is 92.5 Å². The first-order valence-corrected chi connectivity index (χ1v) is 6.28. The average molecular weight is 284 g/mol. The minimum Gasteiger partial charge on any atom is -0.481 e. The molecule has 0 aliphatic heterocycles. The minimum atomic E-state index is -0.988. The number of carboxylic acids is 1. The van der Waals surface area contributed by atoms with E-state index in [0.717, 1.165) is 12.5 Å². The van der Waals surface area contributed by atoms with Crippen molar-refractivity contribution in [1.82, 2.24) is 0 Å². The van der Waals surface area contributed by atoms with Crippen LogP contribution in [0.25, 0.3) is 0 Å². The molecule has 0 spiro atoms. The highest BCUT2D eigenvalue weighted by Crippen LogP contribution is 2.29. The summed E-state index contributed by atoms with van der Waals surface area (Å²) in [5.41, 5.74) is 0.0249. The summed E-state index contributed by atoms with van der Waals surface area (Å²) < 4.78 is 13.4. The fraction of sp³-hybridized carbons (Fsp3) is 0.462. The Hall–Kier alpha value is -2.18. The molecule has 0 bridgehead atoms. The molecule has 0 saturated carbocycles. The molecule has 6 nitrogen and oxygen atoms in total. The first-order chi connectivity index (χ1) is 9.35. The molecule has 20 heavy (non-hydrogen) atoms. The summed E-state index contributed by atoms with van der Waals surface area (Å²) in [6.45, 7) is 3.39. The number of carboxylic acid groups (broad SMARTS) is 1. The Labute approximate surface area is 115 Å². The Balaban J connectivity index is 3.07. The quantitative estimate of drug-likeness (QED) is 0.593. The number of nitro groups is 1. The summed E-state index contributed by atoms with van der Waals surface area (Å²) in [6, 6.07) is 1.75. The van der Waals surface area contributed by atoms with Gasteiger partial charge in [0.1, 0.15) is 11.5 Å². The normalized spacial score (nSPS) is 11.9. The highest BCUT2D eigenvalue weighted by Gasteiger charge is 2.20. The highest BCUT2D eigenvalue weighted by atomic mass is 19.1. The van der Waals surface area contributed by atoms with E-state index < -0.39 is 22.8 Å². The highest BCUT2D eigenvalue weighted by molar-refractivity contribution is 5.69. The minimum absolute atomic E-state index is 0.147. The van der Waals surface area contributed by atoms with Crippen molar-refractivity contribution in [2.75, 3.05) is 5.32 Å². The molecule has 2 N–H and O–H groups in total. The van der Waals surface area contributed by atoms with E-state index in [1.54, 1.807) is 0 Å². The number of carbonyl (C=O) groups is 1. The third-order valence-electron chi connectivity index (χ3n) is 2.89. The third-order valence-corrected chi connectivity index (χ3v) is 2.89. The Morgan fingerprint density at radius 3 is 2.70 bits per heavy atom. The molecule has 0 radical (unpaired) electrons. The van der Waals surface area contributed by atoms with Gasteiger partial charge in [0.2, 0.25) is 0 Å². The van der Waals surface area contributed by atoms with Gasteiger partial charge in [0, 0.05) is 6.04 Å². The van der Waals surface area contributed by atoms with Crippen molar-refractivity contribution >= 4 is 17.3 Å². The third kappa shape index (κ3) is 4.18. The zero-order valence-corrected chi connectivity index (χ0v) is 11.4. The number of nitro benzene ring substituents is 1. The zero-order valence-electron chi connectivity index (χ0n) is 11.4. The van der Waals surface area contributed by atoms with Crippen molar-refractivity contribution in [3.63, 3.8) is 0 Å². The van der Waals surface area contributed by atoms with E-state index in [1.807, 2.05) is 6.92 Å². The van der Waals surface area contributed by atoms with Gasteiger partial charge in [-0.15, -0.1) is 0 Å². The van der Waals surface area contributed by atoms with Gasteiger partial charge in [-0.1, -0.05) is 13.3 Å². The van der Waals surface area contributed by atoms with Gasteiger partial charge in [-0.3, -0.25) is 14.9 Å². The number of aliphatic carboxylic acids is 1. The number of aryl methyl sites for hydroxylation is 1. The van der Waals surface area contributed by atoms with Crippen LogP contribution in [0.4, 0.5) is 15.8 Å². The van der Waals surface area contributed by atoms with E-state index in [-0.39, 0.29) is 23.4 Å². The molecular weight excluding hydrogens is 267 g/mol. The number of hydrogen-bond donors (Lipinski definition) is 2. The van der Waals surface area contributed by atoms with Crippen LogP contribution in [0.15, 0.2) is 12.1 Å². The largest absolute Gasteiger partial charge is 0.481 e. The van der Waals surface area contributed by atoms with E-state index >= 15 is 0 Å². The lowest BCUT2D eigenvalue weighted by molar-refractivity contribution is -0.384. The van der Waals surface area contributed by atoms with Crippen LogP contribution in [0.2, 0.25) is 0 Å². The van der Waals surface area contributed by atoms with E-state index in [1.165, 1.54) is 13.0 Å². The molecule has 1 aromatic rings. The molecule has 0 heterocycles. The first-order valence-electron chi connectivity index (χ1n) is 6.28. The lowest BCUT2D eigenvalue weighted by atomic mass is 10.1. The van der Waals surface area contributed by atoms with Gasteiger partial charge >= 0.3 is 5.97 Å². The van der Waals surface area contributed by atoms with Crippen LogP contribution >= 0.6 is 0 Å².